The Morgan fingerprint density at radius 2 is 2.17 bits per heavy atom. The summed E-state index contributed by atoms with van der Waals surface area (Å²) in [4.78, 5) is 11.7. The SMILES string of the molecule is Cc1occc1C(=O)N/N=C\c1ccccc1Cl. The number of hydrogen-bond donors (Lipinski definition) is 1. The maximum Gasteiger partial charge on any atom is 0.274 e. The van der Waals surface area contributed by atoms with Crippen molar-refractivity contribution in [1.82, 2.24) is 5.43 Å². The van der Waals surface area contributed by atoms with Gasteiger partial charge in [-0.15, -0.1) is 0 Å². The minimum atomic E-state index is -0.315. The van der Waals surface area contributed by atoms with Crippen molar-refractivity contribution in [3.8, 4) is 0 Å². The van der Waals surface area contributed by atoms with E-state index in [4.69, 9.17) is 16.0 Å². The van der Waals surface area contributed by atoms with Crippen LogP contribution in [0, 0.1) is 6.92 Å². The van der Waals surface area contributed by atoms with Gasteiger partial charge in [-0.05, 0) is 19.1 Å². The van der Waals surface area contributed by atoms with Crippen molar-refractivity contribution in [3.63, 3.8) is 0 Å². The van der Waals surface area contributed by atoms with E-state index >= 15 is 0 Å². The van der Waals surface area contributed by atoms with Crippen LogP contribution in [0.5, 0.6) is 0 Å². The zero-order valence-electron chi connectivity index (χ0n) is 9.68. The third-order valence-electron chi connectivity index (χ3n) is 2.38. The summed E-state index contributed by atoms with van der Waals surface area (Å²) in [6.45, 7) is 1.71. The number of hydrazone groups is 1. The van der Waals surface area contributed by atoms with E-state index in [0.29, 0.717) is 16.3 Å². The predicted molar refractivity (Wildman–Crippen MR) is 70.0 cm³/mol. The van der Waals surface area contributed by atoms with E-state index in [-0.39, 0.29) is 5.91 Å². The molecule has 1 N–H and O–H groups in total. The van der Waals surface area contributed by atoms with E-state index in [0.717, 1.165) is 5.56 Å². The van der Waals surface area contributed by atoms with Crippen molar-refractivity contribution in [2.45, 2.75) is 6.92 Å². The van der Waals surface area contributed by atoms with Crippen LogP contribution < -0.4 is 5.43 Å². The molecule has 1 aromatic heterocycles. The third kappa shape index (κ3) is 2.78. The highest BCUT2D eigenvalue weighted by molar-refractivity contribution is 6.33. The third-order valence-corrected chi connectivity index (χ3v) is 2.72. The Labute approximate surface area is 109 Å². The molecule has 0 aliphatic carbocycles. The summed E-state index contributed by atoms with van der Waals surface area (Å²) >= 11 is 5.95. The molecule has 0 radical (unpaired) electrons. The topological polar surface area (TPSA) is 54.6 Å². The lowest BCUT2D eigenvalue weighted by Crippen LogP contribution is -2.17. The van der Waals surface area contributed by atoms with Gasteiger partial charge in [-0.2, -0.15) is 5.10 Å². The summed E-state index contributed by atoms with van der Waals surface area (Å²) in [5.41, 5.74) is 3.62. The monoisotopic (exact) mass is 262 g/mol. The zero-order valence-corrected chi connectivity index (χ0v) is 10.4. The van der Waals surface area contributed by atoms with Crippen LogP contribution >= 0.6 is 11.6 Å². The molecule has 92 valence electrons. The fourth-order valence-electron chi connectivity index (χ4n) is 1.42. The van der Waals surface area contributed by atoms with Gasteiger partial charge in [0.2, 0.25) is 0 Å². The molecule has 0 atom stereocenters. The number of carbonyl (C=O) groups excluding carboxylic acids is 1. The molecule has 1 amide bonds. The van der Waals surface area contributed by atoms with Gasteiger partial charge in [-0.1, -0.05) is 29.8 Å². The molecule has 0 fully saturated rings. The van der Waals surface area contributed by atoms with E-state index in [1.807, 2.05) is 12.1 Å². The van der Waals surface area contributed by atoms with Gasteiger partial charge < -0.3 is 4.42 Å². The van der Waals surface area contributed by atoms with Crippen LogP contribution in [0.1, 0.15) is 21.7 Å². The van der Waals surface area contributed by atoms with E-state index < -0.39 is 0 Å². The molecular weight excluding hydrogens is 252 g/mol. The highest BCUT2D eigenvalue weighted by atomic mass is 35.5. The van der Waals surface area contributed by atoms with E-state index in [9.17, 15) is 4.79 Å². The molecular formula is C13H11ClN2O2. The number of amides is 1. The molecule has 0 unspecified atom stereocenters. The van der Waals surface area contributed by atoms with Crippen LogP contribution in [0.4, 0.5) is 0 Å². The van der Waals surface area contributed by atoms with Gasteiger partial charge in [-0.3, -0.25) is 4.79 Å². The molecule has 0 bridgehead atoms. The molecule has 5 heteroatoms. The Bertz CT molecular complexity index is 590. The molecule has 0 saturated carbocycles. The summed E-state index contributed by atoms with van der Waals surface area (Å²) in [5.74, 6) is 0.241. The fourth-order valence-corrected chi connectivity index (χ4v) is 1.61. The normalized spacial score (nSPS) is 10.8. The van der Waals surface area contributed by atoms with Crippen LogP contribution in [0.25, 0.3) is 0 Å². The molecule has 0 spiro atoms. The van der Waals surface area contributed by atoms with Gasteiger partial charge in [0.25, 0.3) is 5.91 Å². The van der Waals surface area contributed by atoms with Crippen molar-refractivity contribution in [2.24, 2.45) is 5.10 Å². The number of aryl methyl sites for hydroxylation is 1. The van der Waals surface area contributed by atoms with Gasteiger partial charge in [0.05, 0.1) is 18.0 Å². The standard InChI is InChI=1S/C13H11ClN2O2/c1-9-11(6-7-18-9)13(17)16-15-8-10-4-2-3-5-12(10)14/h2-8H,1H3,(H,16,17)/b15-8-. The van der Waals surface area contributed by atoms with Crippen molar-refractivity contribution in [2.75, 3.05) is 0 Å². The number of nitrogens with zero attached hydrogens (tertiary/aromatic N) is 1. The summed E-state index contributed by atoms with van der Waals surface area (Å²) in [6.07, 6.45) is 2.96. The second-order valence-electron chi connectivity index (χ2n) is 3.61. The number of carbonyl (C=O) groups is 1. The second kappa shape index (κ2) is 5.51. The van der Waals surface area contributed by atoms with E-state index in [2.05, 4.69) is 10.5 Å². The Kier molecular flexibility index (Phi) is 3.79. The Morgan fingerprint density at radius 1 is 1.39 bits per heavy atom. The van der Waals surface area contributed by atoms with Crippen molar-refractivity contribution >= 4 is 23.7 Å². The van der Waals surface area contributed by atoms with Crippen LogP contribution in [0.2, 0.25) is 5.02 Å². The Morgan fingerprint density at radius 3 is 2.83 bits per heavy atom. The number of rotatable bonds is 3. The first-order valence-corrected chi connectivity index (χ1v) is 5.68. The van der Waals surface area contributed by atoms with E-state index in [1.54, 1.807) is 25.1 Å². The number of hydrogen-bond acceptors (Lipinski definition) is 3. The molecule has 4 nitrogen and oxygen atoms in total. The molecule has 0 aliphatic rings. The van der Waals surface area contributed by atoms with Gasteiger partial charge in [-0.25, -0.2) is 5.43 Å². The molecule has 2 rings (SSSR count). The average molecular weight is 263 g/mol. The highest BCUT2D eigenvalue weighted by Gasteiger charge is 2.09. The molecule has 1 aromatic carbocycles. The van der Waals surface area contributed by atoms with Crippen molar-refractivity contribution < 1.29 is 9.21 Å². The molecule has 1 heterocycles. The maximum absolute atomic E-state index is 11.7. The first-order valence-electron chi connectivity index (χ1n) is 5.30. The Hall–Kier alpha value is -2.07. The quantitative estimate of drug-likeness (QED) is 0.683. The minimum absolute atomic E-state index is 0.315. The summed E-state index contributed by atoms with van der Waals surface area (Å²) in [6, 6.07) is 8.82. The van der Waals surface area contributed by atoms with Crippen molar-refractivity contribution in [3.05, 3.63) is 58.5 Å². The van der Waals surface area contributed by atoms with Gasteiger partial charge in [0, 0.05) is 10.6 Å². The summed E-state index contributed by atoms with van der Waals surface area (Å²) in [5, 5.41) is 4.43. The second-order valence-corrected chi connectivity index (χ2v) is 4.02. The average Bonchev–Trinajstić information content (AvgIpc) is 2.78. The van der Waals surface area contributed by atoms with Gasteiger partial charge in [0.1, 0.15) is 5.76 Å². The summed E-state index contributed by atoms with van der Waals surface area (Å²) < 4.78 is 5.04. The number of benzene rings is 1. The van der Waals surface area contributed by atoms with Crippen LogP contribution in [0.15, 0.2) is 46.1 Å². The van der Waals surface area contributed by atoms with Crippen LogP contribution in [0.3, 0.4) is 0 Å². The Balaban J connectivity index is 2.03. The lowest BCUT2D eigenvalue weighted by atomic mass is 10.2. The fraction of sp³-hybridized carbons (Fsp3) is 0.0769. The largest absolute Gasteiger partial charge is 0.469 e. The number of nitrogens with one attached hydrogen (secondary N) is 1. The zero-order chi connectivity index (χ0) is 13.0. The predicted octanol–water partition coefficient (Wildman–Crippen LogP) is 3.01. The lowest BCUT2D eigenvalue weighted by Gasteiger charge is -1.98. The van der Waals surface area contributed by atoms with E-state index in [1.165, 1.54) is 12.5 Å². The molecule has 18 heavy (non-hydrogen) atoms. The number of halogens is 1. The van der Waals surface area contributed by atoms with Crippen LogP contribution in [-0.4, -0.2) is 12.1 Å². The molecule has 0 saturated heterocycles. The minimum Gasteiger partial charge on any atom is -0.469 e. The smallest absolute Gasteiger partial charge is 0.274 e. The van der Waals surface area contributed by atoms with Crippen LogP contribution in [-0.2, 0) is 0 Å². The number of furan rings is 1. The first kappa shape index (κ1) is 12.4. The summed E-state index contributed by atoms with van der Waals surface area (Å²) in [7, 11) is 0. The van der Waals surface area contributed by atoms with Gasteiger partial charge >= 0.3 is 0 Å². The van der Waals surface area contributed by atoms with Crippen molar-refractivity contribution in [1.29, 1.82) is 0 Å². The highest BCUT2D eigenvalue weighted by Crippen LogP contribution is 2.12. The first-order chi connectivity index (χ1) is 8.68. The maximum atomic E-state index is 11.7. The molecule has 2 aromatic rings. The van der Waals surface area contributed by atoms with Gasteiger partial charge in [0.15, 0.2) is 0 Å². The lowest BCUT2D eigenvalue weighted by molar-refractivity contribution is 0.0953. The molecule has 0 aliphatic heterocycles.